The molecule has 0 aliphatic heterocycles. The first kappa shape index (κ1) is 17.8. The van der Waals surface area contributed by atoms with Gasteiger partial charge in [0.2, 0.25) is 0 Å². The van der Waals surface area contributed by atoms with E-state index in [-0.39, 0.29) is 6.54 Å². The molecular formula is C10H16NO6P2S+. The summed E-state index contributed by atoms with van der Waals surface area (Å²) in [6.45, 7) is -0.0102. The van der Waals surface area contributed by atoms with Gasteiger partial charge >= 0.3 is 20.7 Å². The molecule has 0 bridgehead atoms. The highest BCUT2D eigenvalue weighted by atomic mass is 32.2. The van der Waals surface area contributed by atoms with Gasteiger partial charge in [-0.3, -0.25) is 0 Å². The van der Waals surface area contributed by atoms with Crippen LogP contribution in [0.15, 0.2) is 40.2 Å². The zero-order chi connectivity index (χ0) is 15.2. The maximum atomic E-state index is 11.0. The molecule has 0 spiro atoms. The van der Waals surface area contributed by atoms with Crippen molar-refractivity contribution in [3.05, 3.63) is 30.3 Å². The van der Waals surface area contributed by atoms with E-state index in [0.29, 0.717) is 12.2 Å². The molecule has 1 rings (SSSR count). The quantitative estimate of drug-likeness (QED) is 0.220. The molecule has 0 aliphatic rings. The standard InChI is InChI=1S/C10H15NO6P2S/c12-18(13,14)10(19(15,16)17)11-7-4-8-20-9-5-2-1-3-6-9/h1-3,5-6,12-14H,4,7-8H2,(H-,15,16,17)/p+1. The van der Waals surface area contributed by atoms with Crippen molar-refractivity contribution in [3.8, 4) is 0 Å². The summed E-state index contributed by atoms with van der Waals surface area (Å²) in [6.07, 6.45) is 0.475. The van der Waals surface area contributed by atoms with Gasteiger partial charge in [0.05, 0.1) is 0 Å². The van der Waals surface area contributed by atoms with Gasteiger partial charge in [-0.1, -0.05) is 18.2 Å². The van der Waals surface area contributed by atoms with Crippen LogP contribution in [0.5, 0.6) is 0 Å². The molecule has 7 nitrogen and oxygen atoms in total. The lowest BCUT2D eigenvalue weighted by Crippen LogP contribution is -2.07. The second-order valence-electron chi connectivity index (χ2n) is 3.81. The SMILES string of the molecule is O=P(O)(O)C(=NCCCSc1ccccc1)[P+](O)(O)O. The molecular weight excluding hydrogens is 324 g/mol. The van der Waals surface area contributed by atoms with Gasteiger partial charge in [0.1, 0.15) is 0 Å². The summed E-state index contributed by atoms with van der Waals surface area (Å²) in [7, 11) is -9.74. The number of hydrogen-bond donors (Lipinski definition) is 5. The highest BCUT2D eigenvalue weighted by molar-refractivity contribution is 8.00. The average molecular weight is 340 g/mol. The molecule has 0 aliphatic carbocycles. The number of nitrogens with zero attached hydrogens (tertiary/aromatic N) is 1. The molecule has 10 heteroatoms. The number of hydrogen-bond acceptors (Lipinski definition) is 6. The molecule has 5 N–H and O–H groups in total. The maximum absolute atomic E-state index is 11.0. The van der Waals surface area contributed by atoms with E-state index in [4.69, 9.17) is 24.5 Å². The highest BCUT2D eigenvalue weighted by Gasteiger charge is 2.51. The van der Waals surface area contributed by atoms with Gasteiger partial charge in [-0.15, -0.1) is 11.8 Å². The normalized spacial score (nSPS) is 13.6. The lowest BCUT2D eigenvalue weighted by Gasteiger charge is -2.08. The van der Waals surface area contributed by atoms with Gasteiger partial charge in [0.25, 0.3) is 0 Å². The Kier molecular flexibility index (Phi) is 6.78. The third-order valence-corrected chi connectivity index (χ3v) is 6.12. The van der Waals surface area contributed by atoms with E-state index in [2.05, 4.69) is 4.99 Å². The molecule has 0 radical (unpaired) electrons. The topological polar surface area (TPSA) is 131 Å². The zero-order valence-electron chi connectivity index (χ0n) is 10.4. The molecule has 0 atom stereocenters. The summed E-state index contributed by atoms with van der Waals surface area (Å²) in [6, 6.07) is 9.55. The van der Waals surface area contributed by atoms with Gasteiger partial charge in [0, 0.05) is 11.4 Å². The van der Waals surface area contributed by atoms with Crippen molar-refractivity contribution in [2.24, 2.45) is 4.99 Å². The minimum atomic E-state index is -4.96. The fraction of sp³-hybridized carbons (Fsp3) is 0.300. The molecule has 20 heavy (non-hydrogen) atoms. The van der Waals surface area contributed by atoms with E-state index in [0.717, 1.165) is 4.90 Å². The van der Waals surface area contributed by atoms with Crippen LogP contribution in [0.1, 0.15) is 6.42 Å². The van der Waals surface area contributed by atoms with Crippen molar-refractivity contribution in [2.45, 2.75) is 11.3 Å². The van der Waals surface area contributed by atoms with Crippen LogP contribution in [-0.2, 0) is 4.57 Å². The molecule has 0 saturated heterocycles. The second-order valence-corrected chi connectivity index (χ2v) is 8.40. The number of aliphatic imine (C=N–C) groups is 1. The summed E-state index contributed by atoms with van der Waals surface area (Å²) >= 11 is 1.55. The van der Waals surface area contributed by atoms with Crippen molar-refractivity contribution < 1.29 is 29.0 Å². The van der Waals surface area contributed by atoms with Crippen LogP contribution in [-0.4, -0.2) is 42.0 Å². The Hall–Kier alpha value is -0.300. The number of benzene rings is 1. The van der Waals surface area contributed by atoms with Crippen molar-refractivity contribution >= 4 is 32.5 Å². The minimum Gasteiger partial charge on any atom is -0.317 e. The van der Waals surface area contributed by atoms with Crippen molar-refractivity contribution in [3.63, 3.8) is 0 Å². The van der Waals surface area contributed by atoms with E-state index in [1.807, 2.05) is 30.3 Å². The molecule has 112 valence electrons. The summed E-state index contributed by atoms with van der Waals surface area (Å²) in [5.41, 5.74) is 0. The minimum absolute atomic E-state index is 0.0102. The largest absolute Gasteiger partial charge is 0.469 e. The molecule has 0 saturated carbocycles. The van der Waals surface area contributed by atoms with Crippen molar-refractivity contribution in [1.29, 1.82) is 0 Å². The smallest absolute Gasteiger partial charge is 0.317 e. The van der Waals surface area contributed by atoms with Crippen LogP contribution in [0, 0.1) is 0 Å². The van der Waals surface area contributed by atoms with Gasteiger partial charge in [-0.2, -0.15) is 14.7 Å². The lowest BCUT2D eigenvalue weighted by molar-refractivity contribution is 0.348. The second kappa shape index (κ2) is 7.64. The fourth-order valence-electron chi connectivity index (χ4n) is 1.31. The Morgan fingerprint density at radius 3 is 2.30 bits per heavy atom. The van der Waals surface area contributed by atoms with E-state index < -0.39 is 20.7 Å². The first-order valence-corrected chi connectivity index (χ1v) is 9.82. The summed E-state index contributed by atoms with van der Waals surface area (Å²) in [4.78, 5) is 49.1. The van der Waals surface area contributed by atoms with Crippen LogP contribution in [0.4, 0.5) is 0 Å². The summed E-state index contributed by atoms with van der Waals surface area (Å²) in [5, 5.41) is -1.23. The Labute approximate surface area is 121 Å². The molecule has 1 aromatic rings. The monoisotopic (exact) mass is 340 g/mol. The van der Waals surface area contributed by atoms with Crippen LogP contribution in [0.3, 0.4) is 0 Å². The Balaban J connectivity index is 2.48. The van der Waals surface area contributed by atoms with Crippen LogP contribution in [0.2, 0.25) is 0 Å². The molecule has 0 heterocycles. The van der Waals surface area contributed by atoms with Crippen LogP contribution >= 0.6 is 27.3 Å². The highest BCUT2D eigenvalue weighted by Crippen LogP contribution is 2.60. The Bertz CT molecular complexity index is 498. The van der Waals surface area contributed by atoms with Crippen molar-refractivity contribution in [1.82, 2.24) is 0 Å². The first-order chi connectivity index (χ1) is 9.21. The maximum Gasteiger partial charge on any atom is 0.469 e. The summed E-state index contributed by atoms with van der Waals surface area (Å²) in [5.74, 6) is 0.648. The molecule has 0 amide bonds. The third kappa shape index (κ3) is 6.43. The van der Waals surface area contributed by atoms with E-state index >= 15 is 0 Å². The summed E-state index contributed by atoms with van der Waals surface area (Å²) < 4.78 is 11.0. The molecule has 0 aromatic heterocycles. The molecule has 0 fully saturated rings. The third-order valence-electron chi connectivity index (χ3n) is 2.10. The van der Waals surface area contributed by atoms with Crippen LogP contribution in [0.25, 0.3) is 0 Å². The molecule has 0 unspecified atom stereocenters. The zero-order valence-corrected chi connectivity index (χ0v) is 13.0. The van der Waals surface area contributed by atoms with Gasteiger partial charge in [0.15, 0.2) is 0 Å². The Morgan fingerprint density at radius 1 is 1.20 bits per heavy atom. The fourth-order valence-corrected chi connectivity index (χ4v) is 4.14. The van der Waals surface area contributed by atoms with Gasteiger partial charge in [-0.05, 0) is 24.3 Å². The van der Waals surface area contributed by atoms with Gasteiger partial charge < -0.3 is 9.79 Å². The van der Waals surface area contributed by atoms with E-state index in [9.17, 15) is 4.57 Å². The predicted molar refractivity (Wildman–Crippen MR) is 79.7 cm³/mol. The van der Waals surface area contributed by atoms with Crippen LogP contribution < -0.4 is 0 Å². The van der Waals surface area contributed by atoms with E-state index in [1.54, 1.807) is 11.8 Å². The molecule has 1 aromatic carbocycles. The number of rotatable bonds is 7. The first-order valence-electron chi connectivity index (χ1n) is 5.57. The Morgan fingerprint density at radius 2 is 1.80 bits per heavy atom. The number of thioether (sulfide) groups is 1. The lowest BCUT2D eigenvalue weighted by atomic mass is 10.4. The average Bonchev–Trinajstić information content (AvgIpc) is 2.31. The predicted octanol–water partition coefficient (Wildman–Crippen LogP) is 1.44. The van der Waals surface area contributed by atoms with Gasteiger partial charge in [-0.25, -0.2) is 9.56 Å². The van der Waals surface area contributed by atoms with Crippen molar-refractivity contribution in [2.75, 3.05) is 12.3 Å². The van der Waals surface area contributed by atoms with E-state index in [1.165, 1.54) is 0 Å².